The summed E-state index contributed by atoms with van der Waals surface area (Å²) in [6.45, 7) is 4.75. The second-order valence-electron chi connectivity index (χ2n) is 3.99. The van der Waals surface area contributed by atoms with Gasteiger partial charge in [-0.25, -0.2) is 13.1 Å². The topological polar surface area (TPSA) is 67.4 Å². The Labute approximate surface area is 105 Å². The van der Waals surface area contributed by atoms with Gasteiger partial charge in [0.05, 0.1) is 5.75 Å². The van der Waals surface area contributed by atoms with Crippen LogP contribution in [0.5, 0.6) is 0 Å². The van der Waals surface area contributed by atoms with Crippen molar-refractivity contribution in [3.05, 3.63) is 0 Å². The monoisotopic (exact) mass is 266 g/mol. The Bertz CT molecular complexity index is 255. The molecule has 17 heavy (non-hydrogen) atoms. The summed E-state index contributed by atoms with van der Waals surface area (Å²) >= 11 is 0. The maximum absolute atomic E-state index is 11.5. The third-order valence-corrected chi connectivity index (χ3v) is 3.70. The van der Waals surface area contributed by atoms with Crippen LogP contribution in [0.25, 0.3) is 0 Å². The minimum atomic E-state index is -3.09. The van der Waals surface area contributed by atoms with Crippen LogP contribution in [0.3, 0.4) is 0 Å². The van der Waals surface area contributed by atoms with Crippen molar-refractivity contribution in [1.82, 2.24) is 10.0 Å². The highest BCUT2D eigenvalue weighted by molar-refractivity contribution is 7.89. The lowest BCUT2D eigenvalue weighted by Crippen LogP contribution is -2.28. The molecule has 0 unspecified atom stereocenters. The van der Waals surface area contributed by atoms with E-state index >= 15 is 0 Å². The van der Waals surface area contributed by atoms with Crippen molar-refractivity contribution in [2.45, 2.75) is 32.6 Å². The molecule has 0 atom stereocenters. The van der Waals surface area contributed by atoms with E-state index < -0.39 is 10.0 Å². The summed E-state index contributed by atoms with van der Waals surface area (Å²) in [6.07, 6.45) is 3.31. The fraction of sp³-hybridized carbons (Fsp3) is 1.00. The van der Waals surface area contributed by atoms with Crippen LogP contribution in [0.4, 0.5) is 0 Å². The van der Waals surface area contributed by atoms with E-state index in [0.717, 1.165) is 32.4 Å². The van der Waals surface area contributed by atoms with Crippen molar-refractivity contribution >= 4 is 10.0 Å². The Morgan fingerprint density at radius 2 is 1.82 bits per heavy atom. The molecule has 104 valence electrons. The molecule has 0 aromatic heterocycles. The quantitative estimate of drug-likeness (QED) is 0.511. The highest BCUT2D eigenvalue weighted by atomic mass is 32.2. The first-order valence-corrected chi connectivity index (χ1v) is 7.97. The lowest BCUT2D eigenvalue weighted by atomic mass is 10.3. The van der Waals surface area contributed by atoms with Crippen molar-refractivity contribution in [3.8, 4) is 0 Å². The van der Waals surface area contributed by atoms with E-state index in [9.17, 15) is 8.42 Å². The standard InChI is InChI=1S/C11H26N2O3S/c1-3-9-16-10-6-8-13-17(14,15)11-5-4-7-12-2/h12-13H,3-11H2,1-2H3. The SMILES string of the molecule is CCCOCCCNS(=O)(=O)CCCCNC. The lowest BCUT2D eigenvalue weighted by molar-refractivity contribution is 0.133. The van der Waals surface area contributed by atoms with Gasteiger partial charge in [0.25, 0.3) is 0 Å². The van der Waals surface area contributed by atoms with Gasteiger partial charge in [-0.3, -0.25) is 0 Å². The number of unbranched alkanes of at least 4 members (excludes halogenated alkanes) is 1. The molecule has 0 fully saturated rings. The summed E-state index contributed by atoms with van der Waals surface area (Å²) in [7, 11) is -1.22. The van der Waals surface area contributed by atoms with E-state index in [-0.39, 0.29) is 5.75 Å². The molecule has 2 N–H and O–H groups in total. The van der Waals surface area contributed by atoms with E-state index in [0.29, 0.717) is 19.6 Å². The van der Waals surface area contributed by atoms with Crippen LogP contribution < -0.4 is 10.0 Å². The molecular weight excluding hydrogens is 240 g/mol. The highest BCUT2D eigenvalue weighted by Gasteiger charge is 2.08. The molecule has 0 saturated heterocycles. The van der Waals surface area contributed by atoms with E-state index in [4.69, 9.17) is 4.74 Å². The summed E-state index contributed by atoms with van der Waals surface area (Å²) in [5, 5.41) is 2.99. The minimum absolute atomic E-state index is 0.213. The molecule has 0 aliphatic carbocycles. The summed E-state index contributed by atoms with van der Waals surface area (Å²) in [4.78, 5) is 0. The summed E-state index contributed by atoms with van der Waals surface area (Å²) in [5.41, 5.74) is 0. The predicted octanol–water partition coefficient (Wildman–Crippen LogP) is 0.722. The van der Waals surface area contributed by atoms with Crippen molar-refractivity contribution < 1.29 is 13.2 Å². The second-order valence-corrected chi connectivity index (χ2v) is 5.92. The maximum Gasteiger partial charge on any atom is 0.211 e. The van der Waals surface area contributed by atoms with Crippen LogP contribution >= 0.6 is 0 Å². The Hall–Kier alpha value is -0.170. The molecule has 0 aliphatic rings. The van der Waals surface area contributed by atoms with Crippen LogP contribution in [0.2, 0.25) is 0 Å². The number of ether oxygens (including phenoxy) is 1. The first-order chi connectivity index (χ1) is 8.12. The molecule has 0 spiro atoms. The molecule has 0 rings (SSSR count). The number of rotatable bonds is 12. The average molecular weight is 266 g/mol. The van der Waals surface area contributed by atoms with Crippen LogP contribution in [0, 0.1) is 0 Å². The molecule has 5 nitrogen and oxygen atoms in total. The minimum Gasteiger partial charge on any atom is -0.381 e. The molecule has 0 aromatic carbocycles. The second kappa shape index (κ2) is 11.0. The third-order valence-electron chi connectivity index (χ3n) is 2.23. The van der Waals surface area contributed by atoms with Gasteiger partial charge in [-0.2, -0.15) is 0 Å². The number of hydrogen-bond acceptors (Lipinski definition) is 4. The van der Waals surface area contributed by atoms with Crippen molar-refractivity contribution in [3.63, 3.8) is 0 Å². The van der Waals surface area contributed by atoms with E-state index in [1.807, 2.05) is 14.0 Å². The van der Waals surface area contributed by atoms with Crippen LogP contribution in [-0.4, -0.2) is 47.5 Å². The first kappa shape index (κ1) is 16.8. The van der Waals surface area contributed by atoms with Crippen LogP contribution in [0.1, 0.15) is 32.6 Å². The molecule has 0 radical (unpaired) electrons. The molecule has 6 heteroatoms. The number of sulfonamides is 1. The average Bonchev–Trinajstić information content (AvgIpc) is 2.29. The van der Waals surface area contributed by atoms with Crippen molar-refractivity contribution in [2.24, 2.45) is 0 Å². The number of nitrogens with one attached hydrogen (secondary N) is 2. The zero-order valence-electron chi connectivity index (χ0n) is 11.0. The van der Waals surface area contributed by atoms with Crippen molar-refractivity contribution in [2.75, 3.05) is 39.1 Å². The van der Waals surface area contributed by atoms with Gasteiger partial charge >= 0.3 is 0 Å². The molecule has 0 saturated carbocycles. The van der Waals surface area contributed by atoms with Gasteiger partial charge in [-0.15, -0.1) is 0 Å². The van der Waals surface area contributed by atoms with Crippen LogP contribution in [0.15, 0.2) is 0 Å². The Morgan fingerprint density at radius 1 is 1.06 bits per heavy atom. The van der Waals surface area contributed by atoms with Crippen LogP contribution in [-0.2, 0) is 14.8 Å². The first-order valence-electron chi connectivity index (χ1n) is 6.32. The zero-order chi connectivity index (χ0) is 13.0. The van der Waals surface area contributed by atoms with E-state index in [2.05, 4.69) is 10.0 Å². The van der Waals surface area contributed by atoms with E-state index in [1.54, 1.807) is 0 Å². The number of hydrogen-bond donors (Lipinski definition) is 2. The van der Waals surface area contributed by atoms with Gasteiger partial charge in [0.1, 0.15) is 0 Å². The Morgan fingerprint density at radius 3 is 2.47 bits per heavy atom. The third kappa shape index (κ3) is 12.1. The molecule has 0 aliphatic heterocycles. The predicted molar refractivity (Wildman–Crippen MR) is 70.7 cm³/mol. The molecule has 0 amide bonds. The summed E-state index contributed by atoms with van der Waals surface area (Å²) in [6, 6.07) is 0. The van der Waals surface area contributed by atoms with Gasteiger partial charge in [0.15, 0.2) is 0 Å². The Balaban J connectivity index is 3.44. The summed E-state index contributed by atoms with van der Waals surface area (Å²) in [5.74, 6) is 0.213. The molecular formula is C11H26N2O3S. The van der Waals surface area contributed by atoms with E-state index in [1.165, 1.54) is 0 Å². The zero-order valence-corrected chi connectivity index (χ0v) is 11.8. The smallest absolute Gasteiger partial charge is 0.211 e. The maximum atomic E-state index is 11.5. The molecule has 0 aromatic rings. The van der Waals surface area contributed by atoms with Gasteiger partial charge in [0, 0.05) is 19.8 Å². The van der Waals surface area contributed by atoms with Gasteiger partial charge in [-0.05, 0) is 39.3 Å². The van der Waals surface area contributed by atoms with Gasteiger partial charge in [-0.1, -0.05) is 6.92 Å². The molecule has 0 bridgehead atoms. The fourth-order valence-corrected chi connectivity index (χ4v) is 2.50. The molecule has 0 heterocycles. The fourth-order valence-electron chi connectivity index (χ4n) is 1.31. The van der Waals surface area contributed by atoms with Crippen molar-refractivity contribution in [1.29, 1.82) is 0 Å². The normalized spacial score (nSPS) is 11.9. The highest BCUT2D eigenvalue weighted by Crippen LogP contribution is 1.94. The summed E-state index contributed by atoms with van der Waals surface area (Å²) < 4.78 is 30.9. The van der Waals surface area contributed by atoms with Gasteiger partial charge in [0.2, 0.25) is 10.0 Å². The lowest BCUT2D eigenvalue weighted by Gasteiger charge is -2.06. The largest absolute Gasteiger partial charge is 0.381 e. The van der Waals surface area contributed by atoms with Gasteiger partial charge < -0.3 is 10.1 Å². The Kier molecular flexibility index (Phi) is 10.8.